The van der Waals surface area contributed by atoms with Gasteiger partial charge in [-0.05, 0) is 77.0 Å². The summed E-state index contributed by atoms with van der Waals surface area (Å²) in [6.07, 6.45) is 45.6. The monoisotopic (exact) mass is 835 g/mol. The van der Waals surface area contributed by atoms with Crippen LogP contribution in [0.15, 0.2) is 97.2 Å². The second-order valence-corrected chi connectivity index (χ2v) is 15.3. The molecule has 0 radical (unpaired) electrons. The third kappa shape index (κ3) is 39.7. The number of unbranched alkanes of at least 4 members (excludes halogenated alkanes) is 7. The molecule has 0 rings (SSSR count). The number of esters is 2. The van der Waals surface area contributed by atoms with Gasteiger partial charge in [-0.15, -0.1) is 0 Å². The number of aliphatic hydroxyl groups excluding tert-OH is 3. The fourth-order valence-corrected chi connectivity index (χ4v) is 5.82. The summed E-state index contributed by atoms with van der Waals surface area (Å²) < 4.78 is 32.6. The van der Waals surface area contributed by atoms with Crippen molar-refractivity contribution in [2.45, 2.75) is 154 Å². The first-order chi connectivity index (χ1) is 28.1. The molecule has 4 N–H and O–H groups in total. The Hall–Kier alpha value is -3.15. The lowest BCUT2D eigenvalue weighted by Gasteiger charge is -2.20. The van der Waals surface area contributed by atoms with E-state index in [-0.39, 0.29) is 19.4 Å². The van der Waals surface area contributed by atoms with Crippen LogP contribution in [-0.2, 0) is 32.7 Å². The van der Waals surface area contributed by atoms with E-state index in [2.05, 4.69) is 73.1 Å². The van der Waals surface area contributed by atoms with Crippen LogP contribution in [0.3, 0.4) is 0 Å². The van der Waals surface area contributed by atoms with Crippen LogP contribution >= 0.6 is 7.82 Å². The molecule has 0 fully saturated rings. The fourth-order valence-electron chi connectivity index (χ4n) is 5.03. The number of ether oxygens (including phenoxy) is 2. The second-order valence-electron chi connectivity index (χ2n) is 13.8. The molecule has 11 nitrogen and oxygen atoms in total. The Morgan fingerprint density at radius 3 is 1.78 bits per heavy atom. The summed E-state index contributed by atoms with van der Waals surface area (Å²) in [5.41, 5.74) is 0. The Balaban J connectivity index is 4.51. The number of rotatable bonds is 38. The summed E-state index contributed by atoms with van der Waals surface area (Å²) in [4.78, 5) is 35.0. The zero-order chi connectivity index (χ0) is 42.8. The highest BCUT2D eigenvalue weighted by Crippen LogP contribution is 2.43. The molecule has 0 saturated carbocycles. The van der Waals surface area contributed by atoms with Crippen molar-refractivity contribution >= 4 is 19.8 Å². The molecule has 0 amide bonds. The molecule has 0 saturated heterocycles. The number of aliphatic hydroxyl groups is 3. The normalized spacial score (nSPS) is 15.3. The van der Waals surface area contributed by atoms with Crippen LogP contribution in [-0.4, -0.2) is 76.9 Å². The molecular formula is C46H75O11P. The molecule has 0 heterocycles. The minimum Gasteiger partial charge on any atom is -0.462 e. The molecule has 0 aromatic heterocycles. The van der Waals surface area contributed by atoms with Crippen LogP contribution in [0.25, 0.3) is 0 Å². The van der Waals surface area contributed by atoms with Crippen molar-refractivity contribution < 1.29 is 52.9 Å². The van der Waals surface area contributed by atoms with Gasteiger partial charge in [-0.25, -0.2) is 4.57 Å². The van der Waals surface area contributed by atoms with Gasteiger partial charge in [0.05, 0.1) is 25.9 Å². The lowest BCUT2D eigenvalue weighted by atomic mass is 10.1. The standard InChI is InChI=1S/C46H75O11P/c1-3-5-7-8-9-10-11-12-13-14-15-16-19-22-25-28-32-36-45(50)54-40-44(41-56-58(52,53)55-39-43(49)38-47)57-46(51)37-33-29-26-23-20-17-18-21-24-27-31-35-42(48)34-30-6-4-2/h5,7,9-10,12-13,15-18,23-24,26-27,31,35,42-44,47-49H,3-4,6,8,11,14,19-22,25,28-30,32-34,36-41H2,1-2H3,(H,52,53)/b7-5-,10-9-,13-12-,16-15-,18-17-,26-23-,27-24-,35-31+/t42-,43-,44+/m0/s1. The van der Waals surface area contributed by atoms with Crippen molar-refractivity contribution in [2.24, 2.45) is 0 Å². The molecule has 12 heteroatoms. The third-order valence-electron chi connectivity index (χ3n) is 8.33. The highest BCUT2D eigenvalue weighted by atomic mass is 31.2. The van der Waals surface area contributed by atoms with E-state index in [1.807, 2.05) is 42.5 Å². The number of allylic oxidation sites excluding steroid dienone is 15. The highest BCUT2D eigenvalue weighted by Gasteiger charge is 2.27. The SMILES string of the molecule is CC/C=C\C/C=C\C/C=C\C/C=C\CCCCCCC(=O)OC[C@H](COP(=O)(O)OC[C@@H](O)CO)OC(=O)CCC/C=C\C/C=C\C/C=C\C=C\[C@@H](O)CCCCC. The zero-order valence-electron chi connectivity index (χ0n) is 35.3. The first kappa shape index (κ1) is 54.9. The van der Waals surface area contributed by atoms with Crippen LogP contribution < -0.4 is 0 Å². The Kier molecular flexibility index (Phi) is 38.4. The number of hydrogen-bond donors (Lipinski definition) is 4. The summed E-state index contributed by atoms with van der Waals surface area (Å²) in [6, 6.07) is 0. The number of carbonyl (C=O) groups is 2. The first-order valence-corrected chi connectivity index (χ1v) is 22.8. The van der Waals surface area contributed by atoms with Crippen LogP contribution in [0.1, 0.15) is 136 Å². The summed E-state index contributed by atoms with van der Waals surface area (Å²) in [5.74, 6) is -1.06. The van der Waals surface area contributed by atoms with Crippen LogP contribution in [0.5, 0.6) is 0 Å². The van der Waals surface area contributed by atoms with E-state index >= 15 is 0 Å². The average molecular weight is 835 g/mol. The number of carbonyl (C=O) groups excluding carboxylic acids is 2. The van der Waals surface area contributed by atoms with E-state index in [0.29, 0.717) is 19.3 Å². The van der Waals surface area contributed by atoms with Gasteiger partial charge in [-0.1, -0.05) is 143 Å². The van der Waals surface area contributed by atoms with Crippen molar-refractivity contribution in [3.05, 3.63) is 97.2 Å². The summed E-state index contributed by atoms with van der Waals surface area (Å²) in [6.45, 7) is 2.00. The van der Waals surface area contributed by atoms with Gasteiger partial charge in [0.25, 0.3) is 0 Å². The minimum atomic E-state index is -4.66. The maximum Gasteiger partial charge on any atom is 0.472 e. The smallest absolute Gasteiger partial charge is 0.462 e. The molecular weight excluding hydrogens is 759 g/mol. The molecule has 1 unspecified atom stereocenters. The second kappa shape index (κ2) is 40.6. The number of phosphoric ester groups is 1. The quantitative estimate of drug-likeness (QED) is 0.0154. The van der Waals surface area contributed by atoms with E-state index in [1.54, 1.807) is 0 Å². The molecule has 0 bridgehead atoms. The fraction of sp³-hybridized carbons (Fsp3) is 0.609. The third-order valence-corrected chi connectivity index (χ3v) is 9.28. The van der Waals surface area contributed by atoms with E-state index in [4.69, 9.17) is 19.1 Å². The van der Waals surface area contributed by atoms with Gasteiger partial charge in [-0.3, -0.25) is 18.6 Å². The van der Waals surface area contributed by atoms with Crippen molar-refractivity contribution in [1.29, 1.82) is 0 Å². The predicted octanol–water partition coefficient (Wildman–Crippen LogP) is 10.2. The molecule has 0 aromatic carbocycles. The lowest BCUT2D eigenvalue weighted by molar-refractivity contribution is -0.161. The number of phosphoric acid groups is 1. The zero-order valence-corrected chi connectivity index (χ0v) is 36.2. The summed E-state index contributed by atoms with van der Waals surface area (Å²) in [7, 11) is -4.66. The minimum absolute atomic E-state index is 0.0765. The van der Waals surface area contributed by atoms with Crippen LogP contribution in [0.4, 0.5) is 0 Å². The molecule has 0 aromatic rings. The lowest BCUT2D eigenvalue weighted by Crippen LogP contribution is -2.29. The van der Waals surface area contributed by atoms with E-state index in [1.165, 1.54) is 0 Å². The maximum atomic E-state index is 12.6. The van der Waals surface area contributed by atoms with Crippen LogP contribution in [0.2, 0.25) is 0 Å². The molecule has 4 atom stereocenters. The van der Waals surface area contributed by atoms with Gasteiger partial charge in [0, 0.05) is 12.8 Å². The Labute approximate surface area is 349 Å². The molecule has 0 aliphatic carbocycles. The summed E-state index contributed by atoms with van der Waals surface area (Å²) >= 11 is 0. The van der Waals surface area contributed by atoms with E-state index in [0.717, 1.165) is 89.9 Å². The van der Waals surface area contributed by atoms with Gasteiger partial charge in [-0.2, -0.15) is 0 Å². The van der Waals surface area contributed by atoms with Gasteiger partial charge in [0.2, 0.25) is 0 Å². The molecule has 0 spiro atoms. The van der Waals surface area contributed by atoms with Crippen molar-refractivity contribution in [3.63, 3.8) is 0 Å². The Morgan fingerprint density at radius 1 is 0.603 bits per heavy atom. The molecule has 330 valence electrons. The van der Waals surface area contributed by atoms with Crippen molar-refractivity contribution in [2.75, 3.05) is 26.4 Å². The summed E-state index contributed by atoms with van der Waals surface area (Å²) in [5, 5.41) is 28.2. The van der Waals surface area contributed by atoms with E-state index < -0.39 is 57.9 Å². The predicted molar refractivity (Wildman–Crippen MR) is 234 cm³/mol. The average Bonchev–Trinajstić information content (AvgIpc) is 3.20. The van der Waals surface area contributed by atoms with Gasteiger partial charge < -0.3 is 29.7 Å². The van der Waals surface area contributed by atoms with Crippen molar-refractivity contribution in [1.82, 2.24) is 0 Å². The Bertz CT molecular complexity index is 1300. The van der Waals surface area contributed by atoms with Crippen LogP contribution in [0, 0.1) is 0 Å². The van der Waals surface area contributed by atoms with Crippen molar-refractivity contribution in [3.8, 4) is 0 Å². The highest BCUT2D eigenvalue weighted by molar-refractivity contribution is 7.47. The van der Waals surface area contributed by atoms with Gasteiger partial charge in [0.15, 0.2) is 6.10 Å². The topological polar surface area (TPSA) is 169 Å². The van der Waals surface area contributed by atoms with Gasteiger partial charge in [0.1, 0.15) is 12.7 Å². The molecule has 0 aliphatic heterocycles. The van der Waals surface area contributed by atoms with E-state index in [9.17, 15) is 29.3 Å². The molecule has 58 heavy (non-hydrogen) atoms. The first-order valence-electron chi connectivity index (χ1n) is 21.3. The Morgan fingerprint density at radius 2 is 1.16 bits per heavy atom. The number of hydrogen-bond acceptors (Lipinski definition) is 10. The molecule has 0 aliphatic rings. The van der Waals surface area contributed by atoms with Gasteiger partial charge >= 0.3 is 19.8 Å². The largest absolute Gasteiger partial charge is 0.472 e. The maximum absolute atomic E-state index is 12.6.